The maximum absolute atomic E-state index is 12.6. The van der Waals surface area contributed by atoms with Crippen LogP contribution in [0.3, 0.4) is 0 Å². The van der Waals surface area contributed by atoms with E-state index in [2.05, 4.69) is 17.6 Å². The maximum Gasteiger partial charge on any atom is 0.231 e. The summed E-state index contributed by atoms with van der Waals surface area (Å²) in [6.07, 6.45) is 1.74. The lowest BCUT2D eigenvalue weighted by atomic mass is 9.93. The highest BCUT2D eigenvalue weighted by atomic mass is 16.2. The monoisotopic (exact) mass is 310 g/mol. The van der Waals surface area contributed by atoms with Crippen LogP contribution in [-0.4, -0.2) is 11.8 Å². The largest absolute Gasteiger partial charge is 0.326 e. The van der Waals surface area contributed by atoms with Gasteiger partial charge >= 0.3 is 0 Å². The highest BCUT2D eigenvalue weighted by Gasteiger charge is 2.19. The van der Waals surface area contributed by atoms with Crippen molar-refractivity contribution in [1.29, 1.82) is 0 Å². The molecule has 2 amide bonds. The molecule has 0 saturated heterocycles. The van der Waals surface area contributed by atoms with E-state index in [0.717, 1.165) is 24.1 Å². The minimum atomic E-state index is -0.156. The summed E-state index contributed by atoms with van der Waals surface area (Å²) in [5.41, 5.74) is 2.46. The molecular formula is C19H22N2O2. The number of hydrogen-bond donors (Lipinski definition) is 2. The van der Waals surface area contributed by atoms with Crippen molar-refractivity contribution in [3.05, 3.63) is 60.2 Å². The Morgan fingerprint density at radius 2 is 1.48 bits per heavy atom. The second-order valence-electron chi connectivity index (χ2n) is 5.50. The lowest BCUT2D eigenvalue weighted by molar-refractivity contribution is -0.117. The zero-order valence-electron chi connectivity index (χ0n) is 13.5. The molecule has 2 N–H and O–H groups in total. The molecule has 0 radical (unpaired) electrons. The van der Waals surface area contributed by atoms with Crippen LogP contribution in [0, 0.1) is 0 Å². The number of benzene rings is 2. The van der Waals surface area contributed by atoms with Crippen molar-refractivity contribution in [2.75, 3.05) is 10.6 Å². The lowest BCUT2D eigenvalue weighted by Gasteiger charge is -2.16. The van der Waals surface area contributed by atoms with E-state index < -0.39 is 0 Å². The summed E-state index contributed by atoms with van der Waals surface area (Å²) in [5, 5.41) is 5.66. The molecule has 23 heavy (non-hydrogen) atoms. The Kier molecular flexibility index (Phi) is 5.92. The van der Waals surface area contributed by atoms with Gasteiger partial charge in [-0.3, -0.25) is 9.59 Å². The summed E-state index contributed by atoms with van der Waals surface area (Å²) >= 11 is 0. The highest BCUT2D eigenvalue weighted by Crippen LogP contribution is 2.23. The molecule has 0 heterocycles. The minimum Gasteiger partial charge on any atom is -0.326 e. The molecule has 0 aliphatic heterocycles. The molecule has 0 fully saturated rings. The summed E-state index contributed by atoms with van der Waals surface area (Å²) < 4.78 is 0. The molecule has 0 spiro atoms. The van der Waals surface area contributed by atoms with E-state index in [1.54, 1.807) is 24.3 Å². The van der Waals surface area contributed by atoms with Gasteiger partial charge in [-0.15, -0.1) is 0 Å². The zero-order valence-corrected chi connectivity index (χ0v) is 13.5. The van der Waals surface area contributed by atoms with Gasteiger partial charge in [0.15, 0.2) is 0 Å². The van der Waals surface area contributed by atoms with Gasteiger partial charge < -0.3 is 10.6 Å². The second kappa shape index (κ2) is 8.13. The molecule has 0 bridgehead atoms. The van der Waals surface area contributed by atoms with Crippen LogP contribution in [0.25, 0.3) is 0 Å². The second-order valence-corrected chi connectivity index (χ2v) is 5.50. The summed E-state index contributed by atoms with van der Waals surface area (Å²) in [4.78, 5) is 23.6. The van der Waals surface area contributed by atoms with Crippen LogP contribution in [0.4, 0.5) is 11.4 Å². The topological polar surface area (TPSA) is 58.2 Å². The molecule has 2 rings (SSSR count). The molecule has 4 nitrogen and oxygen atoms in total. The third kappa shape index (κ3) is 4.95. The Bertz CT molecular complexity index is 651. The summed E-state index contributed by atoms with van der Waals surface area (Å²) in [6, 6.07) is 16.9. The average Bonchev–Trinajstić information content (AvgIpc) is 2.54. The van der Waals surface area contributed by atoms with Crippen molar-refractivity contribution in [2.24, 2.45) is 0 Å². The van der Waals surface area contributed by atoms with Crippen molar-refractivity contribution in [3.8, 4) is 0 Å². The van der Waals surface area contributed by atoms with Gasteiger partial charge in [-0.2, -0.15) is 0 Å². The molecular weight excluding hydrogens is 288 g/mol. The third-order valence-electron chi connectivity index (χ3n) is 3.57. The number of carbonyl (C=O) groups excluding carboxylic acids is 2. The molecule has 0 unspecified atom stereocenters. The fraction of sp³-hybridized carbons (Fsp3) is 0.263. The van der Waals surface area contributed by atoms with Crippen molar-refractivity contribution < 1.29 is 9.59 Å². The van der Waals surface area contributed by atoms with Crippen LogP contribution < -0.4 is 10.6 Å². The first-order chi connectivity index (χ1) is 11.1. The molecule has 1 atom stereocenters. The maximum atomic E-state index is 12.6. The predicted octanol–water partition coefficient (Wildman–Crippen LogP) is 4.17. The number of nitrogens with one attached hydrogen (secondary N) is 2. The number of amides is 2. The first-order valence-electron chi connectivity index (χ1n) is 7.83. The molecule has 120 valence electrons. The quantitative estimate of drug-likeness (QED) is 0.841. The van der Waals surface area contributed by atoms with Gasteiger partial charge in [-0.1, -0.05) is 43.7 Å². The van der Waals surface area contributed by atoms with Gasteiger partial charge in [0.1, 0.15) is 0 Å². The van der Waals surface area contributed by atoms with Crippen LogP contribution >= 0.6 is 0 Å². The van der Waals surface area contributed by atoms with Gasteiger partial charge in [0.25, 0.3) is 0 Å². The van der Waals surface area contributed by atoms with Gasteiger partial charge in [-0.25, -0.2) is 0 Å². The smallest absolute Gasteiger partial charge is 0.231 e. The van der Waals surface area contributed by atoms with E-state index in [-0.39, 0.29) is 17.7 Å². The van der Waals surface area contributed by atoms with Gasteiger partial charge in [-0.05, 0) is 36.2 Å². The lowest BCUT2D eigenvalue weighted by Crippen LogP contribution is -2.21. The fourth-order valence-corrected chi connectivity index (χ4v) is 2.49. The van der Waals surface area contributed by atoms with Crippen molar-refractivity contribution in [1.82, 2.24) is 0 Å². The SMILES string of the molecule is CCC[C@H](C(=O)Nc1ccc(NC(C)=O)cc1)c1ccccc1. The summed E-state index contributed by atoms with van der Waals surface area (Å²) in [6.45, 7) is 3.54. The van der Waals surface area contributed by atoms with Crippen LogP contribution in [0.2, 0.25) is 0 Å². The Hall–Kier alpha value is -2.62. The Morgan fingerprint density at radius 3 is 2.00 bits per heavy atom. The first-order valence-corrected chi connectivity index (χ1v) is 7.83. The minimum absolute atomic E-state index is 0.00896. The normalized spacial score (nSPS) is 11.6. The number of carbonyl (C=O) groups is 2. The molecule has 4 heteroatoms. The Morgan fingerprint density at radius 1 is 0.913 bits per heavy atom. The average molecular weight is 310 g/mol. The van der Waals surface area contributed by atoms with Crippen LogP contribution in [0.5, 0.6) is 0 Å². The van der Waals surface area contributed by atoms with Crippen molar-refractivity contribution in [3.63, 3.8) is 0 Å². The van der Waals surface area contributed by atoms with Crippen LogP contribution in [0.15, 0.2) is 54.6 Å². The van der Waals surface area contributed by atoms with E-state index in [0.29, 0.717) is 5.69 Å². The molecule has 0 aliphatic carbocycles. The van der Waals surface area contributed by atoms with E-state index in [1.165, 1.54) is 6.92 Å². The Labute approximate surface area is 136 Å². The van der Waals surface area contributed by atoms with E-state index in [1.807, 2.05) is 30.3 Å². The standard InChI is InChI=1S/C19H22N2O2/c1-3-7-18(15-8-5-4-6-9-15)19(23)21-17-12-10-16(11-13-17)20-14(2)22/h4-6,8-13,18H,3,7H2,1-2H3,(H,20,22)(H,21,23)/t18-/m0/s1. The summed E-state index contributed by atoms with van der Waals surface area (Å²) in [5.74, 6) is -0.282. The van der Waals surface area contributed by atoms with E-state index >= 15 is 0 Å². The van der Waals surface area contributed by atoms with E-state index in [9.17, 15) is 9.59 Å². The van der Waals surface area contributed by atoms with Crippen LogP contribution in [-0.2, 0) is 9.59 Å². The molecule has 2 aromatic rings. The molecule has 0 aromatic heterocycles. The molecule has 0 saturated carbocycles. The van der Waals surface area contributed by atoms with Gasteiger partial charge in [0.05, 0.1) is 5.92 Å². The predicted molar refractivity (Wildman–Crippen MR) is 93.5 cm³/mol. The number of hydrogen-bond acceptors (Lipinski definition) is 2. The fourth-order valence-electron chi connectivity index (χ4n) is 2.49. The molecule has 2 aromatic carbocycles. The van der Waals surface area contributed by atoms with E-state index in [4.69, 9.17) is 0 Å². The first kappa shape index (κ1) is 16.7. The molecule has 0 aliphatic rings. The Balaban J connectivity index is 2.08. The van der Waals surface area contributed by atoms with Gasteiger partial charge in [0.2, 0.25) is 11.8 Å². The van der Waals surface area contributed by atoms with Crippen LogP contribution in [0.1, 0.15) is 38.2 Å². The van der Waals surface area contributed by atoms with Crippen molar-refractivity contribution >= 4 is 23.2 Å². The zero-order chi connectivity index (χ0) is 16.7. The third-order valence-corrected chi connectivity index (χ3v) is 3.57. The van der Waals surface area contributed by atoms with Crippen molar-refractivity contribution in [2.45, 2.75) is 32.6 Å². The number of anilines is 2. The van der Waals surface area contributed by atoms with Gasteiger partial charge in [0, 0.05) is 18.3 Å². The number of rotatable bonds is 6. The highest BCUT2D eigenvalue weighted by molar-refractivity contribution is 5.96. The summed E-state index contributed by atoms with van der Waals surface area (Å²) in [7, 11) is 0.